The fourth-order valence-corrected chi connectivity index (χ4v) is 4.15. The zero-order valence-electron chi connectivity index (χ0n) is 14.5. The molecule has 2 N–H and O–H groups in total. The molecule has 1 aliphatic rings. The highest BCUT2D eigenvalue weighted by molar-refractivity contribution is 7.17. The molecule has 2 aromatic carbocycles. The average Bonchev–Trinajstić information content (AvgIpc) is 3.04. The fourth-order valence-electron chi connectivity index (χ4n) is 3.00. The number of hydrogen-bond acceptors (Lipinski definition) is 4. The lowest BCUT2D eigenvalue weighted by Crippen LogP contribution is -2.19. The summed E-state index contributed by atoms with van der Waals surface area (Å²) in [6.07, 6.45) is 1.13. The molecule has 7 heteroatoms. The number of nitrogens with zero attached hydrogens (tertiary/aromatic N) is 1. The third-order valence-corrected chi connectivity index (χ3v) is 5.77. The van der Waals surface area contributed by atoms with Crippen molar-refractivity contribution in [3.63, 3.8) is 0 Å². The molecule has 3 aromatic rings. The Balaban J connectivity index is 1.56. The summed E-state index contributed by atoms with van der Waals surface area (Å²) in [4.78, 5) is 29.3. The number of anilines is 2. The number of amides is 2. The molecule has 0 saturated carbocycles. The molecular formula is C20H16ClN3O2S. The molecule has 136 valence electrons. The molecule has 0 aliphatic carbocycles. The van der Waals surface area contributed by atoms with Crippen LogP contribution >= 0.6 is 22.9 Å². The number of aromatic nitrogens is 1. The maximum Gasteiger partial charge on any atom is 0.267 e. The SMILES string of the molecule is Cc1nc(-c2cccc(Cl)c2)sc1C(=O)Nc1ccc2c(c1)CCC(=O)N2. The van der Waals surface area contributed by atoms with Crippen molar-refractivity contribution in [3.05, 3.63) is 63.6 Å². The summed E-state index contributed by atoms with van der Waals surface area (Å²) >= 11 is 7.39. The highest BCUT2D eigenvalue weighted by atomic mass is 35.5. The number of thiazole rings is 1. The van der Waals surface area contributed by atoms with Gasteiger partial charge in [-0.2, -0.15) is 0 Å². The fraction of sp³-hybridized carbons (Fsp3) is 0.150. The largest absolute Gasteiger partial charge is 0.326 e. The Kier molecular flexibility index (Phi) is 4.68. The van der Waals surface area contributed by atoms with Gasteiger partial charge in [0.2, 0.25) is 5.91 Å². The van der Waals surface area contributed by atoms with Gasteiger partial charge in [0.05, 0.1) is 5.69 Å². The Morgan fingerprint density at radius 2 is 2.07 bits per heavy atom. The van der Waals surface area contributed by atoms with Gasteiger partial charge in [-0.25, -0.2) is 4.98 Å². The van der Waals surface area contributed by atoms with Gasteiger partial charge < -0.3 is 10.6 Å². The predicted molar refractivity (Wildman–Crippen MR) is 109 cm³/mol. The second-order valence-corrected chi connectivity index (χ2v) is 7.75. The van der Waals surface area contributed by atoms with Crippen molar-refractivity contribution in [1.29, 1.82) is 0 Å². The number of carbonyl (C=O) groups excluding carboxylic acids is 2. The van der Waals surface area contributed by atoms with Crippen LogP contribution in [0.3, 0.4) is 0 Å². The second-order valence-electron chi connectivity index (χ2n) is 6.32. The molecule has 0 unspecified atom stereocenters. The molecule has 2 heterocycles. The molecule has 4 rings (SSSR count). The van der Waals surface area contributed by atoms with E-state index in [1.165, 1.54) is 11.3 Å². The Hall–Kier alpha value is -2.70. The number of hydrogen-bond donors (Lipinski definition) is 2. The van der Waals surface area contributed by atoms with Crippen LogP contribution in [0.2, 0.25) is 5.02 Å². The molecule has 5 nitrogen and oxygen atoms in total. The van der Waals surface area contributed by atoms with Gasteiger partial charge in [-0.15, -0.1) is 11.3 Å². The summed E-state index contributed by atoms with van der Waals surface area (Å²) in [6.45, 7) is 1.82. The number of fused-ring (bicyclic) bond motifs is 1. The molecule has 0 spiro atoms. The van der Waals surface area contributed by atoms with Crippen LogP contribution < -0.4 is 10.6 Å². The van der Waals surface area contributed by atoms with Gasteiger partial charge in [-0.3, -0.25) is 9.59 Å². The molecule has 0 atom stereocenters. The number of carbonyl (C=O) groups is 2. The van der Waals surface area contributed by atoms with E-state index in [9.17, 15) is 9.59 Å². The number of rotatable bonds is 3. The van der Waals surface area contributed by atoms with E-state index in [0.29, 0.717) is 34.1 Å². The third-order valence-electron chi connectivity index (χ3n) is 4.33. The maximum absolute atomic E-state index is 12.7. The minimum absolute atomic E-state index is 0.0214. The minimum Gasteiger partial charge on any atom is -0.326 e. The molecule has 0 fully saturated rings. The molecule has 1 aliphatic heterocycles. The van der Waals surface area contributed by atoms with E-state index < -0.39 is 0 Å². The van der Waals surface area contributed by atoms with Crippen molar-refractivity contribution in [2.24, 2.45) is 0 Å². The van der Waals surface area contributed by atoms with Crippen molar-refractivity contribution in [3.8, 4) is 10.6 Å². The summed E-state index contributed by atoms with van der Waals surface area (Å²) in [7, 11) is 0. The van der Waals surface area contributed by atoms with E-state index in [4.69, 9.17) is 11.6 Å². The highest BCUT2D eigenvalue weighted by Crippen LogP contribution is 2.31. The van der Waals surface area contributed by atoms with Crippen molar-refractivity contribution in [2.45, 2.75) is 19.8 Å². The summed E-state index contributed by atoms with van der Waals surface area (Å²) < 4.78 is 0. The van der Waals surface area contributed by atoms with E-state index in [1.54, 1.807) is 12.1 Å². The van der Waals surface area contributed by atoms with E-state index in [0.717, 1.165) is 21.8 Å². The lowest BCUT2D eigenvalue weighted by atomic mass is 10.0. The standard InChI is InChI=1S/C20H16ClN3O2S/c1-11-18(27-20(22-11)13-3-2-4-14(21)9-13)19(26)23-15-6-7-16-12(10-15)5-8-17(25)24-16/h2-4,6-7,9-10H,5,8H2,1H3,(H,23,26)(H,24,25). The average molecular weight is 398 g/mol. The van der Waals surface area contributed by atoms with Crippen molar-refractivity contribution in [1.82, 2.24) is 4.98 Å². The van der Waals surface area contributed by atoms with Crippen LogP contribution in [0.4, 0.5) is 11.4 Å². The van der Waals surface area contributed by atoms with Gasteiger partial charge in [0.1, 0.15) is 9.88 Å². The van der Waals surface area contributed by atoms with Gasteiger partial charge in [0, 0.05) is 28.4 Å². The molecule has 1 aromatic heterocycles. The normalized spacial score (nSPS) is 13.0. The molecule has 0 bridgehead atoms. The Labute approximate surface area is 165 Å². The van der Waals surface area contributed by atoms with Crippen molar-refractivity contribution < 1.29 is 9.59 Å². The zero-order valence-corrected chi connectivity index (χ0v) is 16.1. The number of halogens is 1. The van der Waals surface area contributed by atoms with Crippen molar-refractivity contribution in [2.75, 3.05) is 10.6 Å². The Morgan fingerprint density at radius 1 is 1.22 bits per heavy atom. The molecule has 27 heavy (non-hydrogen) atoms. The highest BCUT2D eigenvalue weighted by Gasteiger charge is 2.18. The Bertz CT molecular complexity index is 1060. The smallest absolute Gasteiger partial charge is 0.267 e. The lowest BCUT2D eigenvalue weighted by molar-refractivity contribution is -0.116. The van der Waals surface area contributed by atoms with Crippen LogP contribution in [0.25, 0.3) is 10.6 Å². The lowest BCUT2D eigenvalue weighted by Gasteiger charge is -2.17. The van der Waals surface area contributed by atoms with E-state index in [1.807, 2.05) is 37.3 Å². The summed E-state index contributed by atoms with van der Waals surface area (Å²) in [5.74, 6) is -0.175. The first-order valence-electron chi connectivity index (χ1n) is 8.47. The van der Waals surface area contributed by atoms with E-state index in [2.05, 4.69) is 15.6 Å². The summed E-state index contributed by atoms with van der Waals surface area (Å²) in [5, 5.41) is 7.16. The summed E-state index contributed by atoms with van der Waals surface area (Å²) in [6, 6.07) is 12.9. The predicted octanol–water partition coefficient (Wildman–Crippen LogP) is 4.91. The molecule has 2 amide bonds. The van der Waals surface area contributed by atoms with Gasteiger partial charge >= 0.3 is 0 Å². The van der Waals surface area contributed by atoms with Crippen LogP contribution in [0.15, 0.2) is 42.5 Å². The minimum atomic E-state index is -0.196. The quantitative estimate of drug-likeness (QED) is 0.659. The van der Waals surface area contributed by atoms with Gasteiger partial charge in [0.15, 0.2) is 0 Å². The van der Waals surface area contributed by atoms with Crippen LogP contribution in [0, 0.1) is 6.92 Å². The first kappa shape index (κ1) is 17.7. The molecule has 0 saturated heterocycles. The van der Waals surface area contributed by atoms with Gasteiger partial charge in [-0.1, -0.05) is 23.7 Å². The summed E-state index contributed by atoms with van der Waals surface area (Å²) in [5.41, 5.74) is 4.10. The maximum atomic E-state index is 12.7. The van der Waals surface area contributed by atoms with Gasteiger partial charge in [0.25, 0.3) is 5.91 Å². The zero-order chi connectivity index (χ0) is 19.0. The van der Waals surface area contributed by atoms with E-state index in [-0.39, 0.29) is 11.8 Å². The third kappa shape index (κ3) is 3.72. The monoisotopic (exact) mass is 397 g/mol. The van der Waals surface area contributed by atoms with Crippen LogP contribution in [-0.4, -0.2) is 16.8 Å². The number of nitrogens with one attached hydrogen (secondary N) is 2. The van der Waals surface area contributed by atoms with Crippen LogP contribution in [0.1, 0.15) is 27.3 Å². The second kappa shape index (κ2) is 7.13. The molecular weight excluding hydrogens is 382 g/mol. The first-order chi connectivity index (χ1) is 13.0. The topological polar surface area (TPSA) is 71.1 Å². The molecule has 0 radical (unpaired) electrons. The van der Waals surface area contributed by atoms with Gasteiger partial charge in [-0.05, 0) is 49.2 Å². The Morgan fingerprint density at radius 3 is 2.89 bits per heavy atom. The van der Waals surface area contributed by atoms with E-state index >= 15 is 0 Å². The van der Waals surface area contributed by atoms with Crippen molar-refractivity contribution >= 4 is 46.1 Å². The van der Waals surface area contributed by atoms with Crippen LogP contribution in [0.5, 0.6) is 0 Å². The number of aryl methyl sites for hydroxylation is 2. The first-order valence-corrected chi connectivity index (χ1v) is 9.66. The van der Waals surface area contributed by atoms with Crippen LogP contribution in [-0.2, 0) is 11.2 Å². The number of benzene rings is 2.